The number of para-hydroxylation sites is 1. The molecular weight excluding hydrogens is 400 g/mol. The van der Waals surface area contributed by atoms with Gasteiger partial charge < -0.3 is 14.2 Å². The first-order chi connectivity index (χ1) is 13.9. The van der Waals surface area contributed by atoms with Crippen molar-refractivity contribution in [2.24, 2.45) is 0 Å². The van der Waals surface area contributed by atoms with Gasteiger partial charge in [0.2, 0.25) is 0 Å². The van der Waals surface area contributed by atoms with Crippen LogP contribution in [0.25, 0.3) is 6.08 Å². The summed E-state index contributed by atoms with van der Waals surface area (Å²) < 4.78 is 15.3. The van der Waals surface area contributed by atoms with Crippen LogP contribution in [0.2, 0.25) is 5.02 Å². The van der Waals surface area contributed by atoms with Crippen LogP contribution in [0.5, 0.6) is 11.5 Å². The highest BCUT2D eigenvalue weighted by molar-refractivity contribution is 6.32. The van der Waals surface area contributed by atoms with Crippen LogP contribution in [-0.4, -0.2) is 38.6 Å². The Hall–Kier alpha value is -3.52. The molecule has 2 aromatic carbocycles. The van der Waals surface area contributed by atoms with E-state index in [1.165, 1.54) is 32.4 Å². The molecular formula is C20H17ClN2O6. The number of carbonyl (C=O) groups is 3. The summed E-state index contributed by atoms with van der Waals surface area (Å²) in [6.45, 7) is -0.388. The van der Waals surface area contributed by atoms with Crippen LogP contribution < -0.4 is 19.9 Å². The second-order valence-electron chi connectivity index (χ2n) is 5.87. The van der Waals surface area contributed by atoms with Crippen LogP contribution in [-0.2, 0) is 19.1 Å². The molecule has 0 aromatic heterocycles. The highest BCUT2D eigenvalue weighted by Gasteiger charge is 2.34. The zero-order valence-electron chi connectivity index (χ0n) is 15.6. The number of ether oxygens (including phenoxy) is 3. The molecule has 0 radical (unpaired) electrons. The summed E-state index contributed by atoms with van der Waals surface area (Å²) in [6.07, 6.45) is 1.33. The standard InChI is InChI=1S/C20H17ClN2O6/c1-27-16-10-13(21)8-12(18(16)29-11-17(24)28-2)9-15-19(25)22-23(20(15)26)14-6-4-3-5-7-14/h3-10H,11H2,1-2H3,(H,22,25)/b15-9+. The molecule has 29 heavy (non-hydrogen) atoms. The van der Waals surface area contributed by atoms with Crippen LogP contribution in [0.3, 0.4) is 0 Å². The fraction of sp³-hybridized carbons (Fsp3) is 0.150. The summed E-state index contributed by atoms with van der Waals surface area (Å²) in [6, 6.07) is 11.7. The fourth-order valence-electron chi connectivity index (χ4n) is 2.66. The number of halogens is 1. The van der Waals surface area contributed by atoms with Crippen LogP contribution in [0, 0.1) is 0 Å². The van der Waals surface area contributed by atoms with E-state index in [1.807, 2.05) is 0 Å². The summed E-state index contributed by atoms with van der Waals surface area (Å²) in [5, 5.41) is 1.44. The molecule has 0 bridgehead atoms. The van der Waals surface area contributed by atoms with E-state index in [9.17, 15) is 14.4 Å². The third kappa shape index (κ3) is 4.33. The SMILES string of the molecule is COC(=O)COc1c(/C=C2\C(=O)NN(c3ccccc3)C2=O)cc(Cl)cc1OC. The molecule has 1 aliphatic rings. The molecule has 9 heteroatoms. The Morgan fingerprint density at radius 1 is 1.17 bits per heavy atom. The topological polar surface area (TPSA) is 94.2 Å². The lowest BCUT2D eigenvalue weighted by molar-refractivity contribution is -0.143. The highest BCUT2D eigenvalue weighted by Crippen LogP contribution is 2.36. The number of esters is 1. The van der Waals surface area contributed by atoms with Gasteiger partial charge in [0.15, 0.2) is 18.1 Å². The van der Waals surface area contributed by atoms with Crippen molar-refractivity contribution in [3.63, 3.8) is 0 Å². The molecule has 2 aromatic rings. The van der Waals surface area contributed by atoms with Crippen molar-refractivity contribution in [3.05, 3.63) is 58.6 Å². The number of nitrogens with one attached hydrogen (secondary N) is 1. The van der Waals surface area contributed by atoms with Crippen molar-refractivity contribution in [3.8, 4) is 11.5 Å². The lowest BCUT2D eigenvalue weighted by atomic mass is 10.1. The van der Waals surface area contributed by atoms with Crippen molar-refractivity contribution < 1.29 is 28.6 Å². The average molecular weight is 417 g/mol. The van der Waals surface area contributed by atoms with Crippen molar-refractivity contribution in [2.45, 2.75) is 0 Å². The second kappa shape index (κ2) is 8.66. The van der Waals surface area contributed by atoms with E-state index in [2.05, 4.69) is 10.2 Å². The van der Waals surface area contributed by atoms with Gasteiger partial charge in [0.25, 0.3) is 11.8 Å². The second-order valence-corrected chi connectivity index (χ2v) is 6.30. The lowest BCUT2D eigenvalue weighted by Crippen LogP contribution is -2.35. The van der Waals surface area contributed by atoms with E-state index >= 15 is 0 Å². The number of hydrazine groups is 1. The minimum atomic E-state index is -0.606. The molecule has 1 fully saturated rings. The van der Waals surface area contributed by atoms with Gasteiger partial charge in [-0.2, -0.15) is 0 Å². The molecule has 0 spiro atoms. The molecule has 150 valence electrons. The van der Waals surface area contributed by atoms with Gasteiger partial charge in [0, 0.05) is 16.7 Å². The Labute approximate surface area is 171 Å². The number of nitrogens with zero attached hydrogens (tertiary/aromatic N) is 1. The Morgan fingerprint density at radius 2 is 1.90 bits per heavy atom. The van der Waals surface area contributed by atoms with Gasteiger partial charge in [-0.05, 0) is 24.3 Å². The van der Waals surface area contributed by atoms with Gasteiger partial charge in [0.05, 0.1) is 19.9 Å². The molecule has 8 nitrogen and oxygen atoms in total. The molecule has 2 amide bonds. The molecule has 0 saturated carbocycles. The Balaban J connectivity index is 2.00. The monoisotopic (exact) mass is 416 g/mol. The van der Waals surface area contributed by atoms with Crippen molar-refractivity contribution in [2.75, 3.05) is 25.8 Å². The van der Waals surface area contributed by atoms with Gasteiger partial charge in [-0.3, -0.25) is 15.0 Å². The maximum Gasteiger partial charge on any atom is 0.343 e. The maximum absolute atomic E-state index is 12.8. The quantitative estimate of drug-likeness (QED) is 0.441. The molecule has 0 atom stereocenters. The number of hydrogen-bond donors (Lipinski definition) is 1. The van der Waals surface area contributed by atoms with Gasteiger partial charge in [-0.15, -0.1) is 0 Å². The number of anilines is 1. The first-order valence-corrected chi connectivity index (χ1v) is 8.81. The van der Waals surface area contributed by atoms with Gasteiger partial charge in [-0.25, -0.2) is 9.80 Å². The summed E-state index contributed by atoms with van der Waals surface area (Å²) in [4.78, 5) is 36.7. The van der Waals surface area contributed by atoms with E-state index in [-0.39, 0.29) is 23.7 Å². The van der Waals surface area contributed by atoms with E-state index in [0.29, 0.717) is 16.3 Å². The minimum absolute atomic E-state index is 0.124. The molecule has 1 saturated heterocycles. The summed E-state index contributed by atoms with van der Waals surface area (Å²) in [5.74, 6) is -1.35. The third-order valence-electron chi connectivity index (χ3n) is 4.04. The van der Waals surface area contributed by atoms with Crippen LogP contribution in [0.4, 0.5) is 5.69 Å². The van der Waals surface area contributed by atoms with E-state index in [0.717, 1.165) is 5.01 Å². The zero-order valence-corrected chi connectivity index (χ0v) is 16.4. The maximum atomic E-state index is 12.8. The Morgan fingerprint density at radius 3 is 2.55 bits per heavy atom. The largest absolute Gasteiger partial charge is 0.493 e. The number of rotatable bonds is 6. The highest BCUT2D eigenvalue weighted by atomic mass is 35.5. The predicted molar refractivity (Wildman–Crippen MR) is 106 cm³/mol. The normalized spacial score (nSPS) is 14.7. The summed E-state index contributed by atoms with van der Waals surface area (Å²) >= 11 is 6.12. The van der Waals surface area contributed by atoms with E-state index < -0.39 is 17.8 Å². The van der Waals surface area contributed by atoms with E-state index in [1.54, 1.807) is 30.3 Å². The first kappa shape index (κ1) is 20.2. The van der Waals surface area contributed by atoms with E-state index in [4.69, 9.17) is 21.1 Å². The average Bonchev–Trinajstić information content (AvgIpc) is 3.01. The number of methoxy groups -OCH3 is 2. The smallest absolute Gasteiger partial charge is 0.343 e. The van der Waals surface area contributed by atoms with Crippen molar-refractivity contribution in [1.82, 2.24) is 5.43 Å². The molecule has 1 heterocycles. The lowest BCUT2D eigenvalue weighted by Gasteiger charge is -2.14. The predicted octanol–water partition coefficient (Wildman–Crippen LogP) is 2.36. The molecule has 3 rings (SSSR count). The van der Waals surface area contributed by atoms with Crippen LogP contribution >= 0.6 is 11.6 Å². The van der Waals surface area contributed by atoms with Crippen LogP contribution in [0.15, 0.2) is 48.0 Å². The summed E-state index contributed by atoms with van der Waals surface area (Å²) in [5.41, 5.74) is 3.20. The molecule has 1 aliphatic heterocycles. The third-order valence-corrected chi connectivity index (χ3v) is 4.25. The van der Waals surface area contributed by atoms with Gasteiger partial charge in [0.1, 0.15) is 5.57 Å². The molecule has 0 unspecified atom stereocenters. The minimum Gasteiger partial charge on any atom is -0.493 e. The Kier molecular flexibility index (Phi) is 6.04. The zero-order chi connectivity index (χ0) is 21.0. The fourth-order valence-corrected chi connectivity index (χ4v) is 2.88. The Bertz CT molecular complexity index is 990. The number of carbonyl (C=O) groups excluding carboxylic acids is 3. The number of benzene rings is 2. The molecule has 1 N–H and O–H groups in total. The summed E-state index contributed by atoms with van der Waals surface area (Å²) in [7, 11) is 2.63. The van der Waals surface area contributed by atoms with Crippen LogP contribution in [0.1, 0.15) is 5.56 Å². The van der Waals surface area contributed by atoms with Gasteiger partial charge >= 0.3 is 5.97 Å². The first-order valence-electron chi connectivity index (χ1n) is 8.44. The van der Waals surface area contributed by atoms with Gasteiger partial charge in [-0.1, -0.05) is 29.8 Å². The van der Waals surface area contributed by atoms with Crippen molar-refractivity contribution in [1.29, 1.82) is 0 Å². The molecule has 0 aliphatic carbocycles. The number of hydrogen-bond acceptors (Lipinski definition) is 6. The number of amides is 2. The van der Waals surface area contributed by atoms with Crippen molar-refractivity contribution >= 4 is 41.1 Å².